The molecule has 124 valence electrons. The first kappa shape index (κ1) is 32.4. The van der Waals surface area contributed by atoms with Crippen LogP contribution in [0.3, 0.4) is 0 Å². The third-order valence-electron chi connectivity index (χ3n) is 0.866. The summed E-state index contributed by atoms with van der Waals surface area (Å²) >= 11 is 8.68. The third kappa shape index (κ3) is 83.3. The Bertz CT molecular complexity index is 251. The van der Waals surface area contributed by atoms with Crippen LogP contribution in [0.2, 0.25) is 0 Å². The molecule has 0 aromatic rings. The Hall–Kier alpha value is 1.39. The second kappa shape index (κ2) is 27.7. The first-order valence-corrected chi connectivity index (χ1v) is 11.8. The molecule has 0 aliphatic rings. The van der Waals surface area contributed by atoms with Gasteiger partial charge < -0.3 is 29.0 Å². The monoisotopic (exact) mass is 394 g/mol. The molecule has 0 saturated carbocycles. The van der Waals surface area contributed by atoms with E-state index in [2.05, 4.69) is 18.4 Å². The van der Waals surface area contributed by atoms with E-state index < -0.39 is 8.87 Å². The van der Waals surface area contributed by atoms with Crippen molar-refractivity contribution in [3.8, 4) is 0 Å². The molecule has 11 heteroatoms. The summed E-state index contributed by atoms with van der Waals surface area (Å²) < 4.78 is 19.9. The zero-order valence-electron chi connectivity index (χ0n) is 11.8. The van der Waals surface area contributed by atoms with E-state index in [1.807, 2.05) is 6.26 Å². The molecule has 5 nitrogen and oxygen atoms in total. The van der Waals surface area contributed by atoms with Crippen molar-refractivity contribution in [1.29, 1.82) is 0 Å². The van der Waals surface area contributed by atoms with Crippen molar-refractivity contribution in [1.82, 2.24) is 0 Å². The third-order valence-corrected chi connectivity index (χ3v) is 4.92. The number of hydrogen-bond acceptors (Lipinski definition) is 7. The maximum Gasteiger partial charge on any atom is 0.198 e. The maximum atomic E-state index is 9.96. The molecule has 19 heavy (non-hydrogen) atoms. The highest BCUT2D eigenvalue weighted by molar-refractivity contribution is 8.71. The highest BCUT2D eigenvalue weighted by Crippen LogP contribution is 2.00. The molecular weight excluding hydrogens is 368 g/mol. The number of halogens is 1. The quantitative estimate of drug-likeness (QED) is 0.284. The molecule has 0 heterocycles. The van der Waals surface area contributed by atoms with Crippen LogP contribution in [0.25, 0.3) is 0 Å². The summed E-state index contributed by atoms with van der Waals surface area (Å²) in [5.41, 5.74) is 8.70. The van der Waals surface area contributed by atoms with Gasteiger partial charge >= 0.3 is 0 Å². The second-order valence-electron chi connectivity index (χ2n) is 2.51. The van der Waals surface area contributed by atoms with Crippen LogP contribution in [0.1, 0.15) is 0 Å². The molecule has 0 aromatic carbocycles. The molecule has 0 spiro atoms. The van der Waals surface area contributed by atoms with Crippen LogP contribution in [0.15, 0.2) is 0 Å². The van der Waals surface area contributed by atoms with Gasteiger partial charge in [-0.1, -0.05) is 11.2 Å². The fourth-order valence-corrected chi connectivity index (χ4v) is 0.787. The van der Waals surface area contributed by atoms with Gasteiger partial charge in [0.1, 0.15) is 0 Å². The van der Waals surface area contributed by atoms with Gasteiger partial charge in [0.15, 0.2) is 8.87 Å². The average Bonchev–Trinajstić information content (AvgIpc) is 2.32. The van der Waals surface area contributed by atoms with Crippen molar-refractivity contribution in [3.63, 3.8) is 0 Å². The molecule has 0 aliphatic carbocycles. The number of rotatable bonds is 4. The first-order valence-electron chi connectivity index (χ1n) is 4.85. The van der Waals surface area contributed by atoms with E-state index in [1.165, 1.54) is 12.5 Å². The minimum absolute atomic E-state index is 0. The van der Waals surface area contributed by atoms with Crippen molar-refractivity contribution in [2.45, 2.75) is 0 Å². The number of thiol groups is 1. The molecule has 0 amide bonds. The molecule has 0 bridgehead atoms. The normalized spacial score (nSPS) is 10.1. The van der Waals surface area contributed by atoms with Crippen LogP contribution in [0.5, 0.6) is 0 Å². The topological polar surface area (TPSA) is 108 Å². The Morgan fingerprint density at radius 2 is 1.74 bits per heavy atom. The predicted molar refractivity (Wildman–Crippen MR) is 92.7 cm³/mol. The maximum absolute atomic E-state index is 9.96. The fraction of sp³-hybridized carbons (Fsp3) is 1.00. The summed E-state index contributed by atoms with van der Waals surface area (Å²) in [7, 11) is -0.748. The standard InChI is InChI=1S/C3H9NS2.C2H7NS.C2H6O2S2.CH4O.ClH/c1-6(5)3-2-4;3-1-2-4;1-5-6(2,3)4;1-2;/h2-4H2,1H3;4H,1-3H2;1-2H3;2H,1H3;1H. The van der Waals surface area contributed by atoms with Gasteiger partial charge in [-0.15, -0.1) is 9.45 Å². The highest BCUT2D eigenvalue weighted by atomic mass is 35.5. The van der Waals surface area contributed by atoms with Gasteiger partial charge in [0, 0.05) is 31.4 Å². The zero-order chi connectivity index (χ0) is 15.6. The van der Waals surface area contributed by atoms with E-state index in [-0.39, 0.29) is 21.9 Å². The van der Waals surface area contributed by atoms with Gasteiger partial charge in [-0.3, -0.25) is 0 Å². The molecular formula is C8H27ClN2O3S5. The largest absolute Gasteiger partial charge is 1.00 e. The molecule has 0 aromatic heterocycles. The average molecular weight is 395 g/mol. The van der Waals surface area contributed by atoms with Gasteiger partial charge in [0.25, 0.3) is 0 Å². The van der Waals surface area contributed by atoms with Gasteiger partial charge in [-0.25, -0.2) is 8.42 Å². The van der Waals surface area contributed by atoms with Crippen LogP contribution < -0.4 is 23.9 Å². The lowest BCUT2D eigenvalue weighted by Gasteiger charge is -1.87. The summed E-state index contributed by atoms with van der Waals surface area (Å²) in [4.78, 5) is 0. The van der Waals surface area contributed by atoms with E-state index in [0.717, 1.165) is 42.5 Å². The number of hydrogen-bond donors (Lipinski definition) is 4. The lowest BCUT2D eigenvalue weighted by molar-refractivity contribution is -0.360. The Labute approximate surface area is 140 Å². The van der Waals surface area contributed by atoms with E-state index >= 15 is 0 Å². The van der Waals surface area contributed by atoms with Gasteiger partial charge in [-0.05, 0) is 23.3 Å². The summed E-state index contributed by atoms with van der Waals surface area (Å²) in [6, 6.07) is 0. The Kier molecular flexibility index (Phi) is 47.2. The highest BCUT2D eigenvalue weighted by Gasteiger charge is 1.91. The number of quaternary nitrogens is 1. The van der Waals surface area contributed by atoms with Crippen LogP contribution in [0, 0.1) is 0 Å². The van der Waals surface area contributed by atoms with Crippen molar-refractivity contribution < 1.29 is 31.7 Å². The SMILES string of the molecule is CO.CS(=S)CCN.CSS(C)(=O)=O.[Cl-].[NH3+]CCS. The molecule has 1 atom stereocenters. The Morgan fingerprint density at radius 1 is 1.47 bits per heavy atom. The Balaban J connectivity index is -0.0000000480. The molecule has 0 radical (unpaired) electrons. The number of nitrogens with two attached hydrogens (primary N) is 1. The smallest absolute Gasteiger partial charge is 0.198 e. The summed E-state index contributed by atoms with van der Waals surface area (Å²) in [5.74, 6) is 1.90. The van der Waals surface area contributed by atoms with Gasteiger partial charge in [0.05, 0.1) is 6.54 Å². The zero-order valence-corrected chi connectivity index (χ0v) is 16.8. The number of aliphatic hydroxyl groups is 1. The summed E-state index contributed by atoms with van der Waals surface area (Å²) in [6.45, 7) is 1.67. The molecule has 1 unspecified atom stereocenters. The van der Waals surface area contributed by atoms with Crippen LogP contribution in [0.4, 0.5) is 0 Å². The van der Waals surface area contributed by atoms with Crippen LogP contribution in [-0.4, -0.2) is 64.0 Å². The molecule has 6 N–H and O–H groups in total. The van der Waals surface area contributed by atoms with E-state index in [9.17, 15) is 8.42 Å². The molecule has 0 aliphatic heterocycles. The predicted octanol–water partition coefficient (Wildman–Crippen LogP) is -4.27. The Morgan fingerprint density at radius 3 is 1.74 bits per heavy atom. The van der Waals surface area contributed by atoms with Gasteiger partial charge in [-0.2, -0.15) is 12.6 Å². The molecule has 0 fully saturated rings. The minimum Gasteiger partial charge on any atom is -1.00 e. The van der Waals surface area contributed by atoms with Crippen molar-refractivity contribution in [2.24, 2.45) is 5.73 Å². The van der Waals surface area contributed by atoms with Crippen molar-refractivity contribution in [2.75, 3.05) is 50.5 Å². The number of aliphatic hydroxyl groups excluding tert-OH is 1. The van der Waals surface area contributed by atoms with Crippen LogP contribution in [-0.2, 0) is 29.5 Å². The lowest BCUT2D eigenvalue weighted by atomic mass is 10.8. The van der Waals surface area contributed by atoms with Crippen molar-refractivity contribution >= 4 is 52.9 Å². The minimum atomic E-state index is -2.75. The molecule has 0 rings (SSSR count). The lowest BCUT2D eigenvalue weighted by Crippen LogP contribution is -3.00. The second-order valence-corrected chi connectivity index (χ2v) is 10.8. The van der Waals surface area contributed by atoms with E-state index in [4.69, 9.17) is 22.0 Å². The van der Waals surface area contributed by atoms with E-state index in [1.54, 1.807) is 0 Å². The summed E-state index contributed by atoms with van der Waals surface area (Å²) in [6.07, 6.45) is 4.73. The van der Waals surface area contributed by atoms with Crippen molar-refractivity contribution in [3.05, 3.63) is 0 Å². The first-order chi connectivity index (χ1) is 8.24. The van der Waals surface area contributed by atoms with Gasteiger partial charge in [0.2, 0.25) is 0 Å². The molecule has 0 saturated heterocycles. The fourth-order valence-electron chi connectivity index (χ4n) is 0.166. The summed E-state index contributed by atoms with van der Waals surface area (Å²) in [5, 5.41) is 7.00. The van der Waals surface area contributed by atoms with Crippen LogP contribution >= 0.6 is 23.4 Å². The van der Waals surface area contributed by atoms with E-state index in [0.29, 0.717) is 0 Å².